The summed E-state index contributed by atoms with van der Waals surface area (Å²) in [5.41, 5.74) is 0. The number of unbranched alkanes of at least 4 members (excludes halogenated alkanes) is 3. The average molecular weight is 206 g/mol. The molecule has 0 aromatic rings. The number of carbonyl (C=O) groups excluding carboxylic acids is 1. The molecule has 0 fully saturated rings. The van der Waals surface area contributed by atoms with Crippen molar-refractivity contribution in [2.45, 2.75) is 46.0 Å². The molecule has 0 aliphatic heterocycles. The minimum atomic E-state index is -0.186. The van der Waals surface area contributed by atoms with Crippen LogP contribution in [0.1, 0.15) is 46.0 Å². The van der Waals surface area contributed by atoms with Gasteiger partial charge in [0.05, 0.1) is 6.61 Å². The van der Waals surface area contributed by atoms with Crippen molar-refractivity contribution in [3.63, 3.8) is 0 Å². The Morgan fingerprint density at radius 1 is 1.23 bits per heavy atom. The first-order valence-corrected chi connectivity index (χ1v) is 5.46. The van der Waals surface area contributed by atoms with E-state index >= 15 is 0 Å². The Hall–Kier alpha value is -0.220. The summed E-state index contributed by atoms with van der Waals surface area (Å²) in [7, 11) is 0. The van der Waals surface area contributed by atoms with E-state index in [4.69, 9.17) is 8.37 Å². The van der Waals surface area contributed by atoms with E-state index in [9.17, 15) is 4.79 Å². The SMILES string of the molecule is CCCCCCC(=O)OSOCC. The summed E-state index contributed by atoms with van der Waals surface area (Å²) in [6, 6.07) is 0. The molecule has 0 bridgehead atoms. The first-order chi connectivity index (χ1) is 6.31. The van der Waals surface area contributed by atoms with Crippen molar-refractivity contribution in [2.24, 2.45) is 0 Å². The van der Waals surface area contributed by atoms with E-state index < -0.39 is 0 Å². The zero-order valence-corrected chi connectivity index (χ0v) is 9.19. The molecule has 0 unspecified atom stereocenters. The Kier molecular flexibility index (Phi) is 9.70. The van der Waals surface area contributed by atoms with Gasteiger partial charge >= 0.3 is 5.97 Å². The maximum absolute atomic E-state index is 11.0. The van der Waals surface area contributed by atoms with Crippen LogP contribution in [0.5, 0.6) is 0 Å². The van der Waals surface area contributed by atoms with Gasteiger partial charge in [-0.25, -0.2) is 0 Å². The number of hydrogen-bond acceptors (Lipinski definition) is 4. The van der Waals surface area contributed by atoms with Gasteiger partial charge in [0, 0.05) is 6.42 Å². The van der Waals surface area contributed by atoms with Crippen molar-refractivity contribution in [2.75, 3.05) is 6.61 Å². The maximum Gasteiger partial charge on any atom is 0.319 e. The molecular formula is C9H18O3S. The van der Waals surface area contributed by atoms with Crippen LogP contribution < -0.4 is 0 Å². The molecule has 78 valence electrons. The Bertz CT molecular complexity index is 128. The summed E-state index contributed by atoms with van der Waals surface area (Å²) in [5, 5.41) is 0. The average Bonchev–Trinajstić information content (AvgIpc) is 2.13. The van der Waals surface area contributed by atoms with Gasteiger partial charge in [-0.15, -0.1) is 0 Å². The van der Waals surface area contributed by atoms with Gasteiger partial charge in [0.25, 0.3) is 0 Å². The molecule has 0 atom stereocenters. The zero-order chi connectivity index (χ0) is 9.94. The van der Waals surface area contributed by atoms with E-state index in [-0.39, 0.29) is 5.97 Å². The quantitative estimate of drug-likeness (QED) is 0.451. The Morgan fingerprint density at radius 3 is 2.62 bits per heavy atom. The van der Waals surface area contributed by atoms with Crippen LogP contribution in [-0.2, 0) is 13.2 Å². The van der Waals surface area contributed by atoms with Crippen molar-refractivity contribution in [3.05, 3.63) is 0 Å². The molecule has 13 heavy (non-hydrogen) atoms. The van der Waals surface area contributed by atoms with Crippen molar-refractivity contribution >= 4 is 18.3 Å². The predicted molar refractivity (Wildman–Crippen MR) is 54.1 cm³/mol. The van der Waals surface area contributed by atoms with Gasteiger partial charge in [0.2, 0.25) is 12.3 Å². The normalized spacial score (nSPS) is 10.0. The predicted octanol–water partition coefficient (Wildman–Crippen LogP) is 3.10. The fraction of sp³-hybridized carbons (Fsp3) is 0.889. The van der Waals surface area contributed by atoms with Gasteiger partial charge in [0.15, 0.2) is 0 Å². The molecule has 3 nitrogen and oxygen atoms in total. The lowest BCUT2D eigenvalue weighted by molar-refractivity contribution is -0.133. The molecule has 0 aromatic heterocycles. The van der Waals surface area contributed by atoms with Gasteiger partial charge in [-0.2, -0.15) is 0 Å². The van der Waals surface area contributed by atoms with E-state index in [0.717, 1.165) is 25.2 Å². The van der Waals surface area contributed by atoms with Crippen LogP contribution in [-0.4, -0.2) is 12.6 Å². The molecule has 0 saturated carbocycles. The molecule has 0 spiro atoms. The molecular weight excluding hydrogens is 188 g/mol. The largest absolute Gasteiger partial charge is 0.364 e. The van der Waals surface area contributed by atoms with E-state index in [1.54, 1.807) is 0 Å². The minimum Gasteiger partial charge on any atom is -0.364 e. The van der Waals surface area contributed by atoms with Gasteiger partial charge in [-0.3, -0.25) is 8.98 Å². The molecule has 0 aromatic carbocycles. The summed E-state index contributed by atoms with van der Waals surface area (Å²) in [5.74, 6) is -0.186. The molecule has 0 aliphatic carbocycles. The fourth-order valence-electron chi connectivity index (χ4n) is 0.848. The molecule has 0 heterocycles. The van der Waals surface area contributed by atoms with Crippen LogP contribution in [0.2, 0.25) is 0 Å². The van der Waals surface area contributed by atoms with Crippen LogP contribution >= 0.6 is 12.3 Å². The maximum atomic E-state index is 11.0. The highest BCUT2D eigenvalue weighted by Gasteiger charge is 2.02. The molecule has 4 heteroatoms. The molecule has 0 amide bonds. The van der Waals surface area contributed by atoms with Crippen LogP contribution in [0.25, 0.3) is 0 Å². The Labute approximate surface area is 84.6 Å². The number of hydrogen-bond donors (Lipinski definition) is 0. The lowest BCUT2D eigenvalue weighted by atomic mass is 10.2. The molecule has 0 saturated heterocycles. The smallest absolute Gasteiger partial charge is 0.319 e. The highest BCUT2D eigenvalue weighted by Crippen LogP contribution is 2.09. The van der Waals surface area contributed by atoms with Crippen LogP contribution in [0.15, 0.2) is 0 Å². The second kappa shape index (κ2) is 9.86. The topological polar surface area (TPSA) is 35.5 Å². The monoisotopic (exact) mass is 206 g/mol. The third kappa shape index (κ3) is 9.70. The second-order valence-corrected chi connectivity index (χ2v) is 3.28. The van der Waals surface area contributed by atoms with Crippen molar-refractivity contribution in [3.8, 4) is 0 Å². The lowest BCUT2D eigenvalue weighted by Gasteiger charge is -2.00. The number of rotatable bonds is 8. The molecule has 0 N–H and O–H groups in total. The molecule has 0 radical (unpaired) electrons. The molecule has 0 rings (SSSR count). The zero-order valence-electron chi connectivity index (χ0n) is 8.38. The van der Waals surface area contributed by atoms with E-state index in [2.05, 4.69) is 6.92 Å². The van der Waals surface area contributed by atoms with Crippen molar-refractivity contribution in [1.82, 2.24) is 0 Å². The van der Waals surface area contributed by atoms with Gasteiger partial charge < -0.3 is 4.18 Å². The lowest BCUT2D eigenvalue weighted by Crippen LogP contribution is -1.98. The number of carbonyl (C=O) groups is 1. The molecule has 0 aliphatic rings. The van der Waals surface area contributed by atoms with E-state index in [1.165, 1.54) is 12.8 Å². The highest BCUT2D eigenvalue weighted by atomic mass is 32.2. The van der Waals surface area contributed by atoms with Crippen molar-refractivity contribution in [1.29, 1.82) is 0 Å². The Balaban J connectivity index is 3.11. The first kappa shape index (κ1) is 12.8. The third-order valence-corrected chi connectivity index (χ3v) is 2.11. The van der Waals surface area contributed by atoms with Crippen LogP contribution in [0.4, 0.5) is 0 Å². The fourth-order valence-corrected chi connectivity index (χ4v) is 1.15. The first-order valence-electron chi connectivity index (χ1n) is 4.80. The Morgan fingerprint density at radius 2 is 2.00 bits per heavy atom. The van der Waals surface area contributed by atoms with Gasteiger partial charge in [-0.05, 0) is 13.3 Å². The van der Waals surface area contributed by atoms with Crippen LogP contribution in [0.3, 0.4) is 0 Å². The summed E-state index contributed by atoms with van der Waals surface area (Å²) in [6.45, 7) is 4.54. The summed E-state index contributed by atoms with van der Waals surface area (Å²) in [6.07, 6.45) is 4.89. The highest BCUT2D eigenvalue weighted by molar-refractivity contribution is 7.90. The minimum absolute atomic E-state index is 0.186. The van der Waals surface area contributed by atoms with Gasteiger partial charge in [0.1, 0.15) is 0 Å². The van der Waals surface area contributed by atoms with Gasteiger partial charge in [-0.1, -0.05) is 26.2 Å². The van der Waals surface area contributed by atoms with E-state index in [0.29, 0.717) is 13.0 Å². The van der Waals surface area contributed by atoms with Crippen molar-refractivity contribution < 1.29 is 13.2 Å². The third-order valence-electron chi connectivity index (χ3n) is 1.53. The van der Waals surface area contributed by atoms with Crippen LogP contribution in [0, 0.1) is 0 Å². The summed E-state index contributed by atoms with van der Waals surface area (Å²) < 4.78 is 9.52. The van der Waals surface area contributed by atoms with E-state index in [1.807, 2.05) is 6.92 Å². The standard InChI is InChI=1S/C9H18O3S/c1-3-5-6-7-8-9(10)12-13-11-4-2/h3-8H2,1-2H3. The second-order valence-electron chi connectivity index (χ2n) is 2.74. The summed E-state index contributed by atoms with van der Waals surface area (Å²) >= 11 is 0.776. The summed E-state index contributed by atoms with van der Waals surface area (Å²) in [4.78, 5) is 11.0.